The molecule has 0 unspecified atom stereocenters. The van der Waals surface area contributed by atoms with Gasteiger partial charge in [-0.3, -0.25) is 0 Å². The maximum Gasteiger partial charge on any atom is 0.320 e. The van der Waals surface area contributed by atoms with Crippen molar-refractivity contribution < 1.29 is 4.79 Å². The van der Waals surface area contributed by atoms with Crippen LogP contribution in [0.1, 0.15) is 17.2 Å². The minimum Gasteiger partial charge on any atom is -0.346 e. The Bertz CT molecular complexity index is 1020. The Morgan fingerprint density at radius 3 is 2.04 bits per heavy atom. The quantitative estimate of drug-likeness (QED) is 0.561. The number of carbonyl (C=O) groups is 1. The lowest BCUT2D eigenvalue weighted by atomic mass is 9.92. The molecule has 0 aliphatic carbocycles. The predicted molar refractivity (Wildman–Crippen MR) is 117 cm³/mol. The average molecular weight is 385 g/mol. The summed E-state index contributed by atoms with van der Waals surface area (Å²) in [6.07, 6.45) is 0. The summed E-state index contributed by atoms with van der Waals surface area (Å²) in [6.45, 7) is 0. The van der Waals surface area contributed by atoms with Crippen molar-refractivity contribution in [1.82, 2.24) is 10.6 Å². The molecule has 4 nitrogen and oxygen atoms in total. The molecular weight excluding hydrogens is 366 g/mol. The van der Waals surface area contributed by atoms with E-state index in [9.17, 15) is 4.79 Å². The van der Waals surface area contributed by atoms with E-state index in [-0.39, 0.29) is 12.1 Å². The van der Waals surface area contributed by atoms with Crippen LogP contribution in [-0.4, -0.2) is 11.0 Å². The van der Waals surface area contributed by atoms with Crippen LogP contribution in [0, 0.1) is 0 Å². The third kappa shape index (κ3) is 3.80. The lowest BCUT2D eigenvalue weighted by Gasteiger charge is -2.31. The molecule has 1 aliphatic heterocycles. The van der Waals surface area contributed by atoms with Crippen molar-refractivity contribution in [1.29, 1.82) is 0 Å². The van der Waals surface area contributed by atoms with Crippen LogP contribution < -0.4 is 16.0 Å². The van der Waals surface area contributed by atoms with Crippen LogP contribution in [0.3, 0.4) is 0 Å². The van der Waals surface area contributed by atoms with Crippen LogP contribution in [0.15, 0.2) is 96.6 Å². The molecule has 2 amide bonds. The van der Waals surface area contributed by atoms with E-state index in [2.05, 4.69) is 16.0 Å². The van der Waals surface area contributed by atoms with E-state index in [4.69, 9.17) is 12.2 Å². The zero-order valence-electron chi connectivity index (χ0n) is 15.1. The second kappa shape index (κ2) is 8.06. The summed E-state index contributed by atoms with van der Waals surface area (Å²) < 4.78 is 0. The molecule has 138 valence electrons. The molecule has 3 N–H and O–H groups in total. The summed E-state index contributed by atoms with van der Waals surface area (Å²) in [5.41, 5.74) is 4.32. The molecule has 4 rings (SSSR count). The van der Waals surface area contributed by atoms with Crippen LogP contribution in [0.5, 0.6) is 0 Å². The minimum absolute atomic E-state index is 0.251. The smallest absolute Gasteiger partial charge is 0.320 e. The fourth-order valence-corrected chi connectivity index (χ4v) is 3.59. The van der Waals surface area contributed by atoms with Gasteiger partial charge in [0.15, 0.2) is 0 Å². The van der Waals surface area contributed by atoms with Crippen molar-refractivity contribution in [3.63, 3.8) is 0 Å². The number of urea groups is 1. The SMILES string of the molecule is O=C1NC(c2ccccc2)=C(C(=S)Nc2ccccc2)[C@H](c2ccccc2)N1. The summed E-state index contributed by atoms with van der Waals surface area (Å²) in [4.78, 5) is 13.0. The van der Waals surface area contributed by atoms with Gasteiger partial charge >= 0.3 is 6.03 Å². The van der Waals surface area contributed by atoms with E-state index >= 15 is 0 Å². The molecule has 1 heterocycles. The number of rotatable bonds is 4. The van der Waals surface area contributed by atoms with Gasteiger partial charge in [-0.05, 0) is 23.3 Å². The molecule has 0 aromatic heterocycles. The average Bonchev–Trinajstić information content (AvgIpc) is 2.75. The lowest BCUT2D eigenvalue weighted by Crippen LogP contribution is -2.45. The number of anilines is 1. The van der Waals surface area contributed by atoms with Gasteiger partial charge in [0.25, 0.3) is 0 Å². The van der Waals surface area contributed by atoms with E-state index in [1.54, 1.807) is 0 Å². The normalized spacial score (nSPS) is 16.1. The summed E-state index contributed by atoms with van der Waals surface area (Å²) in [5, 5.41) is 9.27. The third-order valence-corrected chi connectivity index (χ3v) is 4.87. The fraction of sp³-hybridized carbons (Fsp3) is 0.0435. The summed E-state index contributed by atoms with van der Waals surface area (Å²) in [7, 11) is 0. The topological polar surface area (TPSA) is 53.2 Å². The monoisotopic (exact) mass is 385 g/mol. The number of hydrogen-bond donors (Lipinski definition) is 3. The largest absolute Gasteiger partial charge is 0.346 e. The third-order valence-electron chi connectivity index (χ3n) is 4.54. The number of carbonyl (C=O) groups excluding carboxylic acids is 1. The van der Waals surface area contributed by atoms with Gasteiger partial charge in [0.05, 0.1) is 11.7 Å². The first-order valence-corrected chi connectivity index (χ1v) is 9.41. The first kappa shape index (κ1) is 17.9. The van der Waals surface area contributed by atoms with E-state index < -0.39 is 0 Å². The highest BCUT2D eigenvalue weighted by Crippen LogP contribution is 2.32. The summed E-state index contributed by atoms with van der Waals surface area (Å²) >= 11 is 5.79. The standard InChI is InChI=1S/C23H19N3OS/c27-23-25-20(16-10-4-1-5-11-16)19(21(26-23)17-12-6-2-7-13-17)22(28)24-18-14-8-3-9-15-18/h1-15,20H,(H,24,28)(H2,25,26,27)/t20-/m0/s1. The number of hydrogen-bond acceptors (Lipinski definition) is 2. The Morgan fingerprint density at radius 2 is 1.39 bits per heavy atom. The second-order valence-corrected chi connectivity index (χ2v) is 6.83. The molecular formula is C23H19N3OS. The molecule has 0 saturated carbocycles. The van der Waals surface area contributed by atoms with Gasteiger partial charge in [-0.1, -0.05) is 91.1 Å². The molecule has 1 aliphatic rings. The van der Waals surface area contributed by atoms with E-state index in [0.29, 0.717) is 10.7 Å². The number of thiocarbonyl (C=S) groups is 1. The maximum atomic E-state index is 12.4. The van der Waals surface area contributed by atoms with Gasteiger partial charge in [-0.25, -0.2) is 4.79 Å². The van der Waals surface area contributed by atoms with E-state index in [1.165, 1.54) is 0 Å². The van der Waals surface area contributed by atoms with Crippen LogP contribution >= 0.6 is 12.2 Å². The van der Waals surface area contributed by atoms with Crippen molar-refractivity contribution in [2.75, 3.05) is 5.32 Å². The van der Waals surface area contributed by atoms with Gasteiger partial charge in [0, 0.05) is 11.3 Å². The highest BCUT2D eigenvalue weighted by molar-refractivity contribution is 7.81. The second-order valence-electron chi connectivity index (χ2n) is 6.42. The van der Waals surface area contributed by atoms with Crippen LogP contribution in [0.25, 0.3) is 5.70 Å². The van der Waals surface area contributed by atoms with Crippen molar-refractivity contribution >= 4 is 34.6 Å². The van der Waals surface area contributed by atoms with Crippen LogP contribution in [-0.2, 0) is 0 Å². The molecule has 3 aromatic carbocycles. The molecule has 0 bridgehead atoms. The molecule has 28 heavy (non-hydrogen) atoms. The number of nitrogens with one attached hydrogen (secondary N) is 3. The van der Waals surface area contributed by atoms with E-state index in [0.717, 1.165) is 22.4 Å². The first-order chi connectivity index (χ1) is 13.7. The van der Waals surface area contributed by atoms with Crippen molar-refractivity contribution in [3.8, 4) is 0 Å². The number of para-hydroxylation sites is 1. The van der Waals surface area contributed by atoms with Crippen molar-refractivity contribution in [2.24, 2.45) is 0 Å². The molecule has 1 atom stereocenters. The van der Waals surface area contributed by atoms with Gasteiger partial charge in [-0.15, -0.1) is 0 Å². The Hall–Kier alpha value is -3.44. The highest BCUT2D eigenvalue weighted by atomic mass is 32.1. The Balaban J connectivity index is 1.83. The van der Waals surface area contributed by atoms with Gasteiger partial charge in [0.2, 0.25) is 0 Å². The number of amides is 2. The molecule has 5 heteroatoms. The molecule has 0 fully saturated rings. The van der Waals surface area contributed by atoms with Crippen molar-refractivity contribution in [2.45, 2.75) is 6.04 Å². The zero-order chi connectivity index (χ0) is 19.3. The fourth-order valence-electron chi connectivity index (χ4n) is 3.26. The minimum atomic E-state index is -0.353. The van der Waals surface area contributed by atoms with E-state index in [1.807, 2.05) is 91.0 Å². The van der Waals surface area contributed by atoms with Crippen LogP contribution in [0.4, 0.5) is 10.5 Å². The van der Waals surface area contributed by atoms with Crippen molar-refractivity contribution in [3.05, 3.63) is 108 Å². The Labute approximate surface area is 169 Å². The molecule has 0 spiro atoms. The Kier molecular flexibility index (Phi) is 5.17. The zero-order valence-corrected chi connectivity index (χ0v) is 15.9. The summed E-state index contributed by atoms with van der Waals surface area (Å²) in [5.74, 6) is 0. The molecule has 3 aromatic rings. The molecule has 0 radical (unpaired) electrons. The van der Waals surface area contributed by atoms with Gasteiger partial charge < -0.3 is 16.0 Å². The molecule has 0 saturated heterocycles. The number of benzene rings is 3. The summed E-state index contributed by atoms with van der Waals surface area (Å²) in [6, 6.07) is 28.8. The Morgan fingerprint density at radius 1 is 0.821 bits per heavy atom. The maximum absolute atomic E-state index is 12.4. The van der Waals surface area contributed by atoms with Gasteiger partial charge in [0.1, 0.15) is 4.99 Å². The lowest BCUT2D eigenvalue weighted by molar-refractivity contribution is 0.241. The highest BCUT2D eigenvalue weighted by Gasteiger charge is 2.31. The van der Waals surface area contributed by atoms with Crippen LogP contribution in [0.2, 0.25) is 0 Å². The first-order valence-electron chi connectivity index (χ1n) is 9.01. The van der Waals surface area contributed by atoms with Gasteiger partial charge in [-0.2, -0.15) is 0 Å². The predicted octanol–water partition coefficient (Wildman–Crippen LogP) is 4.89.